The molecule has 0 radical (unpaired) electrons. The summed E-state index contributed by atoms with van der Waals surface area (Å²) in [4.78, 5) is 10.3. The monoisotopic (exact) mass is 264 g/mol. The highest BCUT2D eigenvalue weighted by molar-refractivity contribution is 5.61. The van der Waals surface area contributed by atoms with Gasteiger partial charge in [0.05, 0.1) is 10.6 Å². The van der Waals surface area contributed by atoms with Gasteiger partial charge in [-0.3, -0.25) is 14.8 Å². The third-order valence-corrected chi connectivity index (χ3v) is 2.74. The summed E-state index contributed by atoms with van der Waals surface area (Å²) in [5.41, 5.74) is 1.74. The second-order valence-corrected chi connectivity index (χ2v) is 4.19. The normalized spacial score (nSPS) is 10.5. The van der Waals surface area contributed by atoms with Crippen LogP contribution < -0.4 is 5.32 Å². The van der Waals surface area contributed by atoms with Gasteiger partial charge in [0.1, 0.15) is 11.5 Å². The van der Waals surface area contributed by atoms with E-state index in [1.165, 1.54) is 0 Å². The van der Waals surface area contributed by atoms with Crippen molar-refractivity contribution in [3.05, 3.63) is 51.6 Å². The number of nitrogens with zero attached hydrogens (tertiary/aromatic N) is 3. The SMILES string of the molecule is Cc1nn(C)cc1CNc1cc(F)ccc1[N+](=O)[O-]. The first kappa shape index (κ1) is 13.0. The average molecular weight is 264 g/mol. The quantitative estimate of drug-likeness (QED) is 0.679. The van der Waals surface area contributed by atoms with Crippen LogP contribution in [-0.2, 0) is 13.6 Å². The summed E-state index contributed by atoms with van der Waals surface area (Å²) in [5, 5.41) is 17.9. The Labute approximate surface area is 109 Å². The predicted octanol–water partition coefficient (Wildman–Crippen LogP) is 2.39. The molecule has 0 saturated heterocycles. The van der Waals surface area contributed by atoms with Gasteiger partial charge >= 0.3 is 0 Å². The largest absolute Gasteiger partial charge is 0.375 e. The molecular formula is C12H13FN4O2. The molecule has 0 saturated carbocycles. The molecule has 6 nitrogen and oxygen atoms in total. The molecule has 100 valence electrons. The third-order valence-electron chi connectivity index (χ3n) is 2.74. The smallest absolute Gasteiger partial charge is 0.292 e. The van der Waals surface area contributed by atoms with Crippen molar-refractivity contribution in [1.29, 1.82) is 0 Å². The standard InChI is InChI=1S/C12H13FN4O2/c1-8-9(7-16(2)15-8)6-14-11-5-10(13)3-4-12(11)17(18)19/h3-5,7,14H,6H2,1-2H3. The maximum Gasteiger partial charge on any atom is 0.292 e. The van der Waals surface area contributed by atoms with Crippen molar-refractivity contribution in [3.63, 3.8) is 0 Å². The van der Waals surface area contributed by atoms with Gasteiger partial charge in [-0.15, -0.1) is 0 Å². The Hall–Kier alpha value is -2.44. The van der Waals surface area contributed by atoms with E-state index in [-0.39, 0.29) is 11.4 Å². The van der Waals surface area contributed by atoms with Crippen LogP contribution in [0.15, 0.2) is 24.4 Å². The van der Waals surface area contributed by atoms with E-state index in [0.29, 0.717) is 6.54 Å². The Morgan fingerprint density at radius 1 is 1.53 bits per heavy atom. The van der Waals surface area contributed by atoms with Crippen LogP contribution in [0.3, 0.4) is 0 Å². The number of aryl methyl sites for hydroxylation is 2. The van der Waals surface area contributed by atoms with E-state index in [2.05, 4.69) is 10.4 Å². The van der Waals surface area contributed by atoms with Gasteiger partial charge in [0.15, 0.2) is 0 Å². The van der Waals surface area contributed by atoms with Gasteiger partial charge in [-0.25, -0.2) is 4.39 Å². The van der Waals surface area contributed by atoms with Crippen molar-refractivity contribution in [2.24, 2.45) is 7.05 Å². The van der Waals surface area contributed by atoms with E-state index < -0.39 is 10.7 Å². The van der Waals surface area contributed by atoms with Crippen LogP contribution in [0.5, 0.6) is 0 Å². The Morgan fingerprint density at radius 2 is 2.26 bits per heavy atom. The van der Waals surface area contributed by atoms with Gasteiger partial charge in [0.25, 0.3) is 5.69 Å². The molecule has 0 amide bonds. The zero-order valence-corrected chi connectivity index (χ0v) is 10.6. The van der Waals surface area contributed by atoms with Gasteiger partial charge < -0.3 is 5.32 Å². The molecule has 1 aromatic heterocycles. The molecule has 0 unspecified atom stereocenters. The van der Waals surface area contributed by atoms with Crippen LogP contribution in [0.25, 0.3) is 0 Å². The number of anilines is 1. The highest BCUT2D eigenvalue weighted by atomic mass is 19.1. The summed E-state index contributed by atoms with van der Waals surface area (Å²) in [6.45, 7) is 2.20. The molecule has 0 aliphatic carbocycles. The first-order chi connectivity index (χ1) is 8.97. The minimum atomic E-state index is -0.544. The Balaban J connectivity index is 2.21. The van der Waals surface area contributed by atoms with Crippen molar-refractivity contribution in [1.82, 2.24) is 9.78 Å². The number of halogens is 1. The van der Waals surface area contributed by atoms with Gasteiger partial charge in [-0.1, -0.05) is 0 Å². The Kier molecular flexibility index (Phi) is 3.46. The summed E-state index contributed by atoms with van der Waals surface area (Å²) in [5.74, 6) is -0.518. The summed E-state index contributed by atoms with van der Waals surface area (Å²) in [6.07, 6.45) is 1.81. The number of benzene rings is 1. The number of nitro groups is 1. The minimum Gasteiger partial charge on any atom is -0.375 e. The lowest BCUT2D eigenvalue weighted by molar-refractivity contribution is -0.384. The summed E-state index contributed by atoms with van der Waals surface area (Å²) in [6, 6.07) is 3.33. The van der Waals surface area contributed by atoms with Crippen molar-refractivity contribution in [2.45, 2.75) is 13.5 Å². The average Bonchev–Trinajstić information content (AvgIpc) is 2.65. The zero-order valence-electron chi connectivity index (χ0n) is 10.6. The molecule has 19 heavy (non-hydrogen) atoms. The lowest BCUT2D eigenvalue weighted by Crippen LogP contribution is -2.03. The molecule has 7 heteroatoms. The van der Waals surface area contributed by atoms with E-state index in [1.54, 1.807) is 11.7 Å². The number of aromatic nitrogens is 2. The molecule has 1 N–H and O–H groups in total. The first-order valence-electron chi connectivity index (χ1n) is 5.64. The Morgan fingerprint density at radius 3 is 2.84 bits per heavy atom. The maximum atomic E-state index is 13.1. The van der Waals surface area contributed by atoms with Crippen LogP contribution in [0, 0.1) is 22.9 Å². The highest BCUT2D eigenvalue weighted by Crippen LogP contribution is 2.25. The fourth-order valence-electron chi connectivity index (χ4n) is 1.82. The number of rotatable bonds is 4. The lowest BCUT2D eigenvalue weighted by Gasteiger charge is -2.06. The third kappa shape index (κ3) is 2.87. The van der Waals surface area contributed by atoms with Crippen LogP contribution >= 0.6 is 0 Å². The van der Waals surface area contributed by atoms with Crippen LogP contribution in [0.2, 0.25) is 0 Å². The molecule has 1 aromatic carbocycles. The van der Waals surface area contributed by atoms with Crippen LogP contribution in [-0.4, -0.2) is 14.7 Å². The van der Waals surface area contributed by atoms with Gasteiger partial charge in [0, 0.05) is 37.5 Å². The molecule has 1 heterocycles. The zero-order chi connectivity index (χ0) is 14.0. The van der Waals surface area contributed by atoms with Gasteiger partial charge in [0.2, 0.25) is 0 Å². The lowest BCUT2D eigenvalue weighted by atomic mass is 10.2. The second kappa shape index (κ2) is 5.05. The van der Waals surface area contributed by atoms with E-state index in [4.69, 9.17) is 0 Å². The number of hydrogen-bond acceptors (Lipinski definition) is 4. The second-order valence-electron chi connectivity index (χ2n) is 4.19. The molecular weight excluding hydrogens is 251 g/mol. The molecule has 0 spiro atoms. The van der Waals surface area contributed by atoms with Crippen molar-refractivity contribution in [2.75, 3.05) is 5.32 Å². The van der Waals surface area contributed by atoms with Crippen LogP contribution in [0.4, 0.5) is 15.8 Å². The predicted molar refractivity (Wildman–Crippen MR) is 68.3 cm³/mol. The van der Waals surface area contributed by atoms with Crippen LogP contribution in [0.1, 0.15) is 11.3 Å². The first-order valence-corrected chi connectivity index (χ1v) is 5.64. The van der Waals surface area contributed by atoms with Crippen molar-refractivity contribution >= 4 is 11.4 Å². The summed E-state index contributed by atoms with van der Waals surface area (Å²) < 4.78 is 14.8. The van der Waals surface area contributed by atoms with E-state index in [1.807, 2.05) is 13.1 Å². The molecule has 0 aliphatic heterocycles. The summed E-state index contributed by atoms with van der Waals surface area (Å²) >= 11 is 0. The van der Waals surface area contributed by atoms with E-state index in [0.717, 1.165) is 29.5 Å². The molecule has 0 fully saturated rings. The fourth-order valence-corrected chi connectivity index (χ4v) is 1.82. The molecule has 2 rings (SSSR count). The minimum absolute atomic E-state index is 0.150. The van der Waals surface area contributed by atoms with Gasteiger partial charge in [-0.05, 0) is 13.0 Å². The molecule has 0 aliphatic rings. The number of nitrogens with one attached hydrogen (secondary N) is 1. The van der Waals surface area contributed by atoms with Gasteiger partial charge in [-0.2, -0.15) is 5.10 Å². The highest BCUT2D eigenvalue weighted by Gasteiger charge is 2.14. The maximum absolute atomic E-state index is 13.1. The van der Waals surface area contributed by atoms with E-state index >= 15 is 0 Å². The summed E-state index contributed by atoms with van der Waals surface area (Å²) in [7, 11) is 1.79. The molecule has 2 aromatic rings. The van der Waals surface area contributed by atoms with E-state index in [9.17, 15) is 14.5 Å². The topological polar surface area (TPSA) is 73.0 Å². The van der Waals surface area contributed by atoms with Crippen molar-refractivity contribution < 1.29 is 9.31 Å². The Bertz CT molecular complexity index is 624. The molecule has 0 bridgehead atoms. The number of nitro benzene ring substituents is 1. The number of hydrogen-bond donors (Lipinski definition) is 1. The van der Waals surface area contributed by atoms with Crippen molar-refractivity contribution in [3.8, 4) is 0 Å². The molecule has 0 atom stereocenters. The fraction of sp³-hybridized carbons (Fsp3) is 0.250.